The molecule has 0 radical (unpaired) electrons. The first-order valence-electron chi connectivity index (χ1n) is 7.78. The number of fused-ring (bicyclic) bond motifs is 1. The summed E-state index contributed by atoms with van der Waals surface area (Å²) in [6.07, 6.45) is 8.05. The third kappa shape index (κ3) is 2.88. The van der Waals surface area contributed by atoms with Crippen molar-refractivity contribution >= 4 is 5.97 Å². The Morgan fingerprint density at radius 3 is 2.50 bits per heavy atom. The van der Waals surface area contributed by atoms with Crippen LogP contribution in [0.25, 0.3) is 0 Å². The zero-order valence-corrected chi connectivity index (χ0v) is 11.9. The van der Waals surface area contributed by atoms with Crippen LogP contribution in [0, 0.1) is 0 Å². The lowest BCUT2D eigenvalue weighted by Gasteiger charge is -2.38. The summed E-state index contributed by atoms with van der Waals surface area (Å²) in [5.41, 5.74) is 2.86. The highest BCUT2D eigenvalue weighted by molar-refractivity contribution is 5.69. The van der Waals surface area contributed by atoms with Gasteiger partial charge in [-0.2, -0.15) is 0 Å². The molecule has 3 rings (SSSR count). The fourth-order valence-corrected chi connectivity index (χ4v) is 3.91. The molecule has 0 spiro atoms. The molecule has 3 nitrogen and oxygen atoms in total. The Morgan fingerprint density at radius 2 is 1.80 bits per heavy atom. The smallest absolute Gasteiger partial charge is 0.317 e. The number of carbonyl (C=O) groups is 1. The van der Waals surface area contributed by atoms with Gasteiger partial charge in [-0.25, -0.2) is 0 Å². The van der Waals surface area contributed by atoms with E-state index in [9.17, 15) is 9.90 Å². The van der Waals surface area contributed by atoms with Crippen LogP contribution in [-0.2, 0) is 17.6 Å². The van der Waals surface area contributed by atoms with E-state index < -0.39 is 5.97 Å². The highest BCUT2D eigenvalue weighted by Gasteiger charge is 2.32. The van der Waals surface area contributed by atoms with E-state index in [1.807, 2.05) is 0 Å². The SMILES string of the molecule is O=C(O)CN(C1CCCC1)C1CCc2ccccc2C1. The van der Waals surface area contributed by atoms with Crippen LogP contribution in [0.15, 0.2) is 24.3 Å². The van der Waals surface area contributed by atoms with Gasteiger partial charge in [0.25, 0.3) is 0 Å². The third-order valence-corrected chi connectivity index (χ3v) is 4.90. The fourth-order valence-electron chi connectivity index (χ4n) is 3.91. The topological polar surface area (TPSA) is 40.5 Å². The molecule has 0 aromatic heterocycles. The number of hydrogen-bond acceptors (Lipinski definition) is 2. The minimum atomic E-state index is -0.684. The van der Waals surface area contributed by atoms with Gasteiger partial charge in [-0.1, -0.05) is 37.1 Å². The van der Waals surface area contributed by atoms with E-state index >= 15 is 0 Å². The minimum Gasteiger partial charge on any atom is -0.480 e. The summed E-state index contributed by atoms with van der Waals surface area (Å²) in [5, 5.41) is 9.23. The molecule has 0 aliphatic heterocycles. The second-order valence-corrected chi connectivity index (χ2v) is 6.17. The Bertz CT molecular complexity index is 480. The minimum absolute atomic E-state index is 0.206. The molecule has 1 aromatic rings. The first-order valence-corrected chi connectivity index (χ1v) is 7.78. The van der Waals surface area contributed by atoms with Gasteiger partial charge < -0.3 is 5.11 Å². The van der Waals surface area contributed by atoms with Gasteiger partial charge in [-0.05, 0) is 43.2 Å². The summed E-state index contributed by atoms with van der Waals surface area (Å²) in [4.78, 5) is 13.5. The second-order valence-electron chi connectivity index (χ2n) is 6.17. The number of aliphatic carboxylic acids is 1. The molecule has 0 saturated heterocycles. The quantitative estimate of drug-likeness (QED) is 0.917. The molecule has 1 saturated carbocycles. The summed E-state index contributed by atoms with van der Waals surface area (Å²) < 4.78 is 0. The lowest BCUT2D eigenvalue weighted by atomic mass is 9.87. The molecule has 1 fully saturated rings. The molecule has 1 unspecified atom stereocenters. The molecule has 0 amide bonds. The average Bonchev–Trinajstić information content (AvgIpc) is 2.98. The van der Waals surface area contributed by atoms with E-state index in [1.54, 1.807) is 0 Å². The van der Waals surface area contributed by atoms with Crippen molar-refractivity contribution in [2.24, 2.45) is 0 Å². The molecular formula is C17H23NO2. The molecule has 2 aliphatic carbocycles. The lowest BCUT2D eigenvalue weighted by molar-refractivity contribution is -0.139. The van der Waals surface area contributed by atoms with Crippen LogP contribution in [0.4, 0.5) is 0 Å². The van der Waals surface area contributed by atoms with Crippen molar-refractivity contribution in [3.05, 3.63) is 35.4 Å². The average molecular weight is 273 g/mol. The van der Waals surface area contributed by atoms with Crippen LogP contribution < -0.4 is 0 Å². The van der Waals surface area contributed by atoms with Gasteiger partial charge in [0.1, 0.15) is 0 Å². The number of carboxylic acids is 1. The molecule has 0 heterocycles. The normalized spacial score (nSPS) is 22.9. The van der Waals surface area contributed by atoms with Crippen LogP contribution >= 0.6 is 0 Å². The number of rotatable bonds is 4. The predicted molar refractivity (Wildman–Crippen MR) is 78.9 cm³/mol. The van der Waals surface area contributed by atoms with Crippen LogP contribution in [0.2, 0.25) is 0 Å². The Kier molecular flexibility index (Phi) is 4.06. The molecule has 20 heavy (non-hydrogen) atoms. The molecule has 1 N–H and O–H groups in total. The lowest BCUT2D eigenvalue weighted by Crippen LogP contribution is -2.47. The molecule has 0 bridgehead atoms. The maximum atomic E-state index is 11.2. The largest absolute Gasteiger partial charge is 0.480 e. The predicted octanol–water partition coefficient (Wildman–Crippen LogP) is 2.87. The monoisotopic (exact) mass is 273 g/mol. The summed E-state index contributed by atoms with van der Waals surface area (Å²) >= 11 is 0. The first kappa shape index (κ1) is 13.6. The van der Waals surface area contributed by atoms with Gasteiger partial charge in [0.05, 0.1) is 6.54 Å². The Morgan fingerprint density at radius 1 is 1.10 bits per heavy atom. The highest BCUT2D eigenvalue weighted by atomic mass is 16.4. The third-order valence-electron chi connectivity index (χ3n) is 4.90. The maximum absolute atomic E-state index is 11.2. The number of carboxylic acid groups (broad SMARTS) is 1. The van der Waals surface area contributed by atoms with Crippen molar-refractivity contribution in [3.8, 4) is 0 Å². The standard InChI is InChI=1S/C17H23NO2/c19-17(20)12-18(15-7-3-4-8-15)16-10-9-13-5-1-2-6-14(13)11-16/h1-2,5-6,15-16H,3-4,7-12H2,(H,19,20). The molecular weight excluding hydrogens is 250 g/mol. The number of aryl methyl sites for hydroxylation is 1. The Hall–Kier alpha value is -1.35. The van der Waals surface area contributed by atoms with Gasteiger partial charge in [-0.3, -0.25) is 9.69 Å². The van der Waals surface area contributed by atoms with Crippen molar-refractivity contribution in [2.45, 2.75) is 57.0 Å². The van der Waals surface area contributed by atoms with Crippen molar-refractivity contribution < 1.29 is 9.90 Å². The van der Waals surface area contributed by atoms with Gasteiger partial charge in [0, 0.05) is 12.1 Å². The highest BCUT2D eigenvalue weighted by Crippen LogP contribution is 2.30. The second kappa shape index (κ2) is 5.96. The van der Waals surface area contributed by atoms with E-state index in [0.717, 1.165) is 19.3 Å². The number of benzene rings is 1. The zero-order chi connectivity index (χ0) is 13.9. The molecule has 108 valence electrons. The molecule has 1 atom stereocenters. The fraction of sp³-hybridized carbons (Fsp3) is 0.588. The van der Waals surface area contributed by atoms with Gasteiger partial charge in [0.15, 0.2) is 0 Å². The number of hydrogen-bond donors (Lipinski definition) is 1. The van der Waals surface area contributed by atoms with E-state index in [1.165, 1.54) is 36.8 Å². The van der Waals surface area contributed by atoms with Crippen molar-refractivity contribution in [2.75, 3.05) is 6.54 Å². The van der Waals surface area contributed by atoms with Crippen molar-refractivity contribution in [3.63, 3.8) is 0 Å². The van der Waals surface area contributed by atoms with Crippen LogP contribution in [0.5, 0.6) is 0 Å². The maximum Gasteiger partial charge on any atom is 0.317 e. The van der Waals surface area contributed by atoms with Crippen LogP contribution in [0.3, 0.4) is 0 Å². The molecule has 3 heteroatoms. The first-order chi connectivity index (χ1) is 9.74. The van der Waals surface area contributed by atoms with Crippen molar-refractivity contribution in [1.29, 1.82) is 0 Å². The summed E-state index contributed by atoms with van der Waals surface area (Å²) in [5.74, 6) is -0.684. The zero-order valence-electron chi connectivity index (χ0n) is 11.9. The van der Waals surface area contributed by atoms with Crippen LogP contribution in [0.1, 0.15) is 43.2 Å². The summed E-state index contributed by atoms with van der Waals surface area (Å²) in [6, 6.07) is 9.51. The van der Waals surface area contributed by atoms with E-state index in [4.69, 9.17) is 0 Å². The van der Waals surface area contributed by atoms with Gasteiger partial charge in [-0.15, -0.1) is 0 Å². The van der Waals surface area contributed by atoms with Crippen molar-refractivity contribution in [1.82, 2.24) is 4.90 Å². The number of nitrogens with zero attached hydrogens (tertiary/aromatic N) is 1. The van der Waals surface area contributed by atoms with Gasteiger partial charge in [0.2, 0.25) is 0 Å². The van der Waals surface area contributed by atoms with E-state index in [0.29, 0.717) is 12.1 Å². The van der Waals surface area contributed by atoms with Gasteiger partial charge >= 0.3 is 5.97 Å². The van der Waals surface area contributed by atoms with E-state index in [-0.39, 0.29) is 6.54 Å². The summed E-state index contributed by atoms with van der Waals surface area (Å²) in [6.45, 7) is 0.206. The Balaban J connectivity index is 1.76. The summed E-state index contributed by atoms with van der Waals surface area (Å²) in [7, 11) is 0. The Labute approximate surface area is 120 Å². The van der Waals surface area contributed by atoms with Crippen LogP contribution in [-0.4, -0.2) is 34.6 Å². The molecule has 1 aromatic carbocycles. The van der Waals surface area contributed by atoms with E-state index in [2.05, 4.69) is 29.2 Å². The molecule has 2 aliphatic rings.